The predicted molar refractivity (Wildman–Crippen MR) is 54.6 cm³/mol. The lowest BCUT2D eigenvalue weighted by Crippen LogP contribution is -2.36. The first-order chi connectivity index (χ1) is 5.45. The maximum absolute atomic E-state index is 3.60. The normalized spacial score (nSPS) is 12.0. The Kier molecular flexibility index (Phi) is 4.67. The van der Waals surface area contributed by atoms with Gasteiger partial charge in [-0.05, 0) is 11.5 Å². The molecule has 0 amide bonds. The molecule has 2 nitrogen and oxygen atoms in total. The molecule has 0 atom stereocenters. The molecule has 0 spiro atoms. The van der Waals surface area contributed by atoms with Gasteiger partial charge in [-0.1, -0.05) is 33.4 Å². The monoisotopic (exact) mass is 168 g/mol. The first kappa shape index (κ1) is 11.2. The van der Waals surface area contributed by atoms with Gasteiger partial charge in [-0.2, -0.15) is 0 Å². The summed E-state index contributed by atoms with van der Waals surface area (Å²) in [6, 6.07) is 0. The average Bonchev–Trinajstić information content (AvgIpc) is 1.95. The number of hydrogen-bond acceptors (Lipinski definition) is 2. The van der Waals surface area contributed by atoms with Gasteiger partial charge in [0.1, 0.15) is 0 Å². The van der Waals surface area contributed by atoms with Crippen LogP contribution in [0.3, 0.4) is 0 Å². The zero-order chi connectivity index (χ0) is 9.61. The molecule has 2 heteroatoms. The second-order valence-electron chi connectivity index (χ2n) is 4.08. The van der Waals surface area contributed by atoms with Gasteiger partial charge >= 0.3 is 0 Å². The van der Waals surface area contributed by atoms with Crippen LogP contribution in [-0.4, -0.2) is 18.6 Å². The Bertz CT molecular complexity index is 154. The maximum atomic E-state index is 3.60. The van der Waals surface area contributed by atoms with Gasteiger partial charge < -0.3 is 5.01 Å². The number of hydrazine groups is 1. The van der Waals surface area contributed by atoms with Crippen molar-refractivity contribution in [3.05, 3.63) is 24.9 Å². The molecular formula is C10H20N2. The van der Waals surface area contributed by atoms with Crippen LogP contribution in [0.2, 0.25) is 0 Å². The van der Waals surface area contributed by atoms with Gasteiger partial charge in [-0.3, -0.25) is 0 Å². The van der Waals surface area contributed by atoms with Gasteiger partial charge in [-0.25, -0.2) is 5.43 Å². The molecule has 0 aromatic carbocycles. The summed E-state index contributed by atoms with van der Waals surface area (Å²) < 4.78 is 0. The van der Waals surface area contributed by atoms with E-state index < -0.39 is 0 Å². The van der Waals surface area contributed by atoms with E-state index in [0.29, 0.717) is 5.41 Å². The van der Waals surface area contributed by atoms with Crippen LogP contribution in [0.1, 0.15) is 20.8 Å². The first-order valence-electron chi connectivity index (χ1n) is 4.21. The van der Waals surface area contributed by atoms with Crippen molar-refractivity contribution in [2.75, 3.05) is 13.6 Å². The van der Waals surface area contributed by atoms with Crippen LogP contribution in [0.5, 0.6) is 0 Å². The molecule has 1 N–H and O–H groups in total. The van der Waals surface area contributed by atoms with E-state index in [1.54, 1.807) is 6.08 Å². The van der Waals surface area contributed by atoms with E-state index in [4.69, 9.17) is 0 Å². The lowest BCUT2D eigenvalue weighted by Gasteiger charge is -2.23. The smallest absolute Gasteiger partial charge is 0.0225 e. The quantitative estimate of drug-likeness (QED) is 0.511. The molecule has 0 aliphatic heterocycles. The molecule has 0 aliphatic rings. The number of nitrogens with one attached hydrogen (secondary N) is 1. The van der Waals surface area contributed by atoms with Crippen LogP contribution in [0, 0.1) is 5.41 Å². The minimum atomic E-state index is 0.316. The predicted octanol–water partition coefficient (Wildman–Crippen LogP) is 2.17. The van der Waals surface area contributed by atoms with Crippen molar-refractivity contribution in [2.45, 2.75) is 20.8 Å². The Hall–Kier alpha value is -0.760. The van der Waals surface area contributed by atoms with Crippen molar-refractivity contribution >= 4 is 0 Å². The van der Waals surface area contributed by atoms with Crippen LogP contribution in [0.15, 0.2) is 24.9 Å². The molecule has 0 heterocycles. The van der Waals surface area contributed by atoms with E-state index in [0.717, 1.165) is 6.54 Å². The fraction of sp³-hybridized carbons (Fsp3) is 0.600. The highest BCUT2D eigenvalue weighted by Crippen LogP contribution is 2.10. The molecule has 0 saturated heterocycles. The van der Waals surface area contributed by atoms with Gasteiger partial charge in [0.15, 0.2) is 0 Å². The maximum Gasteiger partial charge on any atom is 0.0225 e. The molecule has 0 fully saturated rings. The Morgan fingerprint density at radius 1 is 1.42 bits per heavy atom. The van der Waals surface area contributed by atoms with Crippen molar-refractivity contribution in [3.8, 4) is 0 Å². The Morgan fingerprint density at radius 2 is 2.00 bits per heavy atom. The van der Waals surface area contributed by atoms with Gasteiger partial charge in [0.25, 0.3) is 0 Å². The highest BCUT2D eigenvalue weighted by atomic mass is 15.5. The molecule has 0 saturated carbocycles. The van der Waals surface area contributed by atoms with Crippen LogP contribution in [0.4, 0.5) is 0 Å². The molecule has 0 aromatic heterocycles. The second-order valence-corrected chi connectivity index (χ2v) is 4.08. The van der Waals surface area contributed by atoms with Crippen LogP contribution < -0.4 is 5.43 Å². The number of rotatable bonds is 4. The summed E-state index contributed by atoms with van der Waals surface area (Å²) in [6.07, 6.45) is 5.60. The Labute approximate surface area is 75.9 Å². The summed E-state index contributed by atoms with van der Waals surface area (Å²) in [5.41, 5.74) is 3.57. The summed E-state index contributed by atoms with van der Waals surface area (Å²) in [4.78, 5) is 0. The molecule has 0 aliphatic carbocycles. The molecular weight excluding hydrogens is 148 g/mol. The second kappa shape index (κ2) is 4.99. The lowest BCUT2D eigenvalue weighted by molar-refractivity contribution is 0.255. The summed E-state index contributed by atoms with van der Waals surface area (Å²) in [6.45, 7) is 11.2. The van der Waals surface area contributed by atoms with Crippen molar-refractivity contribution < 1.29 is 0 Å². The molecule has 0 aromatic rings. The van der Waals surface area contributed by atoms with E-state index >= 15 is 0 Å². The third-order valence-corrected chi connectivity index (χ3v) is 1.30. The standard InChI is InChI=1S/C10H20N2/c1-6-7-8-12(5)11-9-10(2,3)4/h6-8,11H,1,9H2,2-5H3/b8-7-. The number of allylic oxidation sites excluding steroid dienone is 2. The van der Waals surface area contributed by atoms with E-state index in [-0.39, 0.29) is 0 Å². The molecule has 70 valence electrons. The summed E-state index contributed by atoms with van der Waals surface area (Å²) in [5.74, 6) is 0. The van der Waals surface area contributed by atoms with Crippen molar-refractivity contribution in [2.24, 2.45) is 5.41 Å². The number of hydrogen-bond donors (Lipinski definition) is 1. The van der Waals surface area contributed by atoms with Crippen LogP contribution in [-0.2, 0) is 0 Å². The van der Waals surface area contributed by atoms with E-state index in [9.17, 15) is 0 Å². The van der Waals surface area contributed by atoms with Gasteiger partial charge in [0, 0.05) is 19.8 Å². The van der Waals surface area contributed by atoms with E-state index in [1.165, 1.54) is 0 Å². The topological polar surface area (TPSA) is 15.3 Å². The fourth-order valence-corrected chi connectivity index (χ4v) is 0.605. The van der Waals surface area contributed by atoms with Gasteiger partial charge in [-0.15, -0.1) is 0 Å². The number of nitrogens with zero attached hydrogens (tertiary/aromatic N) is 1. The molecule has 0 radical (unpaired) electrons. The SMILES string of the molecule is C=C/C=C\N(C)NCC(C)(C)C. The molecule has 12 heavy (non-hydrogen) atoms. The summed E-state index contributed by atoms with van der Waals surface area (Å²) in [5, 5.41) is 1.94. The van der Waals surface area contributed by atoms with Crippen molar-refractivity contribution in [1.29, 1.82) is 0 Å². The first-order valence-corrected chi connectivity index (χ1v) is 4.21. The zero-order valence-electron chi connectivity index (χ0n) is 8.59. The molecule has 0 bridgehead atoms. The summed E-state index contributed by atoms with van der Waals surface area (Å²) >= 11 is 0. The van der Waals surface area contributed by atoms with Crippen LogP contribution in [0.25, 0.3) is 0 Å². The van der Waals surface area contributed by atoms with Crippen molar-refractivity contribution in [3.63, 3.8) is 0 Å². The Morgan fingerprint density at radius 3 is 2.42 bits per heavy atom. The highest BCUT2D eigenvalue weighted by Gasteiger charge is 2.09. The largest absolute Gasteiger partial charge is 0.319 e. The third-order valence-electron chi connectivity index (χ3n) is 1.30. The van der Waals surface area contributed by atoms with Crippen LogP contribution >= 0.6 is 0 Å². The minimum absolute atomic E-state index is 0.316. The van der Waals surface area contributed by atoms with E-state index in [1.807, 2.05) is 24.3 Å². The van der Waals surface area contributed by atoms with E-state index in [2.05, 4.69) is 32.8 Å². The third kappa shape index (κ3) is 7.35. The van der Waals surface area contributed by atoms with Crippen molar-refractivity contribution in [1.82, 2.24) is 10.4 Å². The van der Waals surface area contributed by atoms with Gasteiger partial charge in [0.05, 0.1) is 0 Å². The Balaban J connectivity index is 3.64. The average molecular weight is 168 g/mol. The van der Waals surface area contributed by atoms with Gasteiger partial charge in [0.2, 0.25) is 0 Å². The molecule has 0 unspecified atom stereocenters. The summed E-state index contributed by atoms with van der Waals surface area (Å²) in [7, 11) is 1.98. The lowest BCUT2D eigenvalue weighted by atomic mass is 9.97. The zero-order valence-corrected chi connectivity index (χ0v) is 8.59. The fourth-order valence-electron chi connectivity index (χ4n) is 0.605. The minimum Gasteiger partial charge on any atom is -0.319 e. The molecule has 0 rings (SSSR count). The highest BCUT2D eigenvalue weighted by molar-refractivity contribution is 4.95.